The van der Waals surface area contributed by atoms with E-state index in [0.29, 0.717) is 30.9 Å². The summed E-state index contributed by atoms with van der Waals surface area (Å²) < 4.78 is 21.3. The second-order valence-electron chi connectivity index (χ2n) is 11.7. The highest BCUT2D eigenvalue weighted by Gasteiger charge is 2.41. The van der Waals surface area contributed by atoms with Crippen LogP contribution in [-0.4, -0.2) is 84.8 Å². The van der Waals surface area contributed by atoms with Gasteiger partial charge in [0.2, 0.25) is 23.5 Å². The highest BCUT2D eigenvalue weighted by Crippen LogP contribution is 2.36. The first-order chi connectivity index (χ1) is 20.3. The number of likely N-dealkylation sites (tertiary alicyclic amines) is 1. The molecule has 3 amide bonds. The smallest absolute Gasteiger partial charge is 0.407 e. The van der Waals surface area contributed by atoms with E-state index in [0.717, 1.165) is 5.56 Å². The largest absolute Gasteiger partial charge is 0.493 e. The molecule has 0 spiro atoms. The molecule has 0 bridgehead atoms. The Kier molecular flexibility index (Phi) is 10.8. The molecule has 0 aliphatic carbocycles. The van der Waals surface area contributed by atoms with Crippen LogP contribution in [0.4, 0.5) is 4.79 Å². The van der Waals surface area contributed by atoms with Crippen molar-refractivity contribution in [3.63, 3.8) is 0 Å². The number of ketones is 1. The number of Topliss-reactive ketones (excluding diaryl/α,β-unsaturated/α-hetero) is 1. The molecule has 3 rings (SSSR count). The first-order valence-corrected chi connectivity index (χ1v) is 14.3. The van der Waals surface area contributed by atoms with Crippen molar-refractivity contribution in [2.24, 2.45) is 11.8 Å². The Balaban J connectivity index is 1.79. The van der Waals surface area contributed by atoms with E-state index in [1.54, 1.807) is 54.0 Å². The van der Waals surface area contributed by atoms with Gasteiger partial charge in [-0.25, -0.2) is 4.79 Å². The number of benzene rings is 1. The quantitative estimate of drug-likeness (QED) is 0.346. The minimum atomic E-state index is -0.975. The highest BCUT2D eigenvalue weighted by atomic mass is 16.5. The van der Waals surface area contributed by atoms with Gasteiger partial charge in [-0.1, -0.05) is 33.8 Å². The van der Waals surface area contributed by atoms with Crippen LogP contribution < -0.4 is 20.1 Å². The van der Waals surface area contributed by atoms with Gasteiger partial charge in [0.05, 0.1) is 32.8 Å². The van der Waals surface area contributed by atoms with E-state index in [-0.39, 0.29) is 29.5 Å². The normalized spacial score (nSPS) is 16.5. The first kappa shape index (κ1) is 33.3. The molecule has 236 valence electrons. The van der Waals surface area contributed by atoms with Gasteiger partial charge < -0.3 is 34.2 Å². The number of ether oxygens (including phenoxy) is 3. The molecule has 13 heteroatoms. The monoisotopic (exact) mass is 601 g/mol. The van der Waals surface area contributed by atoms with E-state index in [9.17, 15) is 19.2 Å². The Morgan fingerprint density at radius 3 is 2.19 bits per heavy atom. The SMILES string of the molecule is COC(=O)N[C@H](C(=O)N1CCC[C@H]1C(=O)N[C@H](C(=O)c1nnc(C(C)(C)c2ccc(OC)c(OC)c2)o1)C(C)C)C(C)C. The van der Waals surface area contributed by atoms with Crippen molar-refractivity contribution in [2.45, 2.75) is 77.9 Å². The molecule has 13 nitrogen and oxygen atoms in total. The summed E-state index contributed by atoms with van der Waals surface area (Å²) in [6, 6.07) is 2.79. The van der Waals surface area contributed by atoms with Crippen LogP contribution in [0.1, 0.15) is 76.5 Å². The molecule has 1 fully saturated rings. The number of hydrogen-bond acceptors (Lipinski definition) is 10. The van der Waals surface area contributed by atoms with Gasteiger partial charge in [0.1, 0.15) is 12.1 Å². The number of nitrogens with one attached hydrogen (secondary N) is 2. The lowest BCUT2D eigenvalue weighted by atomic mass is 9.84. The molecule has 3 atom stereocenters. The third kappa shape index (κ3) is 7.26. The maximum absolute atomic E-state index is 13.6. The lowest BCUT2D eigenvalue weighted by Gasteiger charge is -2.31. The van der Waals surface area contributed by atoms with Crippen LogP contribution >= 0.6 is 0 Å². The maximum atomic E-state index is 13.6. The molecule has 1 aliphatic rings. The fourth-order valence-corrected chi connectivity index (χ4v) is 5.02. The average Bonchev–Trinajstić information content (AvgIpc) is 3.68. The van der Waals surface area contributed by atoms with Gasteiger partial charge in [0, 0.05) is 6.54 Å². The van der Waals surface area contributed by atoms with Crippen molar-refractivity contribution >= 4 is 23.7 Å². The standard InChI is InChI=1S/C30H43N5O8/c1-16(2)22(31-25(37)19-11-10-14-35(19)27(38)23(17(3)4)32-29(39)42-9)24(36)26-33-34-28(43-26)30(5,6)18-12-13-20(40-7)21(15-18)41-8/h12-13,15-17,19,22-23H,10-11,14H2,1-9H3,(H,31,37)(H,32,39)/t19-,22-,23-/m0/s1. The number of rotatable bonds is 12. The summed E-state index contributed by atoms with van der Waals surface area (Å²) in [5, 5.41) is 13.6. The summed E-state index contributed by atoms with van der Waals surface area (Å²) in [6.45, 7) is 11.3. The van der Waals surface area contributed by atoms with E-state index in [4.69, 9.17) is 13.9 Å². The number of methoxy groups -OCH3 is 3. The highest BCUT2D eigenvalue weighted by molar-refractivity contribution is 6.00. The Labute approximate surface area is 252 Å². The minimum Gasteiger partial charge on any atom is -0.493 e. The number of carbonyl (C=O) groups is 4. The molecule has 43 heavy (non-hydrogen) atoms. The predicted molar refractivity (Wildman–Crippen MR) is 156 cm³/mol. The second kappa shape index (κ2) is 13.9. The van der Waals surface area contributed by atoms with Gasteiger partial charge in [-0.2, -0.15) is 0 Å². The summed E-state index contributed by atoms with van der Waals surface area (Å²) in [5.74, 6) is -0.864. The third-order valence-electron chi connectivity index (χ3n) is 7.75. The van der Waals surface area contributed by atoms with Gasteiger partial charge in [0.15, 0.2) is 11.5 Å². The zero-order valence-corrected chi connectivity index (χ0v) is 26.3. The number of carbonyl (C=O) groups excluding carboxylic acids is 4. The zero-order chi connectivity index (χ0) is 32.1. The fraction of sp³-hybridized carbons (Fsp3) is 0.600. The Hall–Kier alpha value is -4.16. The number of alkyl carbamates (subject to hydrolysis) is 1. The molecule has 0 unspecified atom stereocenters. The van der Waals surface area contributed by atoms with Crippen molar-refractivity contribution in [1.82, 2.24) is 25.7 Å². The molecule has 0 radical (unpaired) electrons. The molecule has 2 heterocycles. The van der Waals surface area contributed by atoms with Crippen LogP contribution in [0.5, 0.6) is 11.5 Å². The molecule has 1 aliphatic heterocycles. The Bertz CT molecular complexity index is 1320. The Morgan fingerprint density at radius 1 is 0.953 bits per heavy atom. The van der Waals surface area contributed by atoms with Gasteiger partial charge in [0.25, 0.3) is 5.89 Å². The molecule has 1 aromatic heterocycles. The third-order valence-corrected chi connectivity index (χ3v) is 7.75. The molecular weight excluding hydrogens is 558 g/mol. The maximum Gasteiger partial charge on any atom is 0.407 e. The summed E-state index contributed by atoms with van der Waals surface area (Å²) >= 11 is 0. The molecule has 1 aromatic carbocycles. The lowest BCUT2D eigenvalue weighted by molar-refractivity contribution is -0.141. The van der Waals surface area contributed by atoms with Gasteiger partial charge in [-0.3, -0.25) is 14.4 Å². The van der Waals surface area contributed by atoms with Crippen LogP contribution in [0.15, 0.2) is 22.6 Å². The van der Waals surface area contributed by atoms with Gasteiger partial charge >= 0.3 is 6.09 Å². The number of aromatic nitrogens is 2. The van der Waals surface area contributed by atoms with Crippen molar-refractivity contribution in [1.29, 1.82) is 0 Å². The van der Waals surface area contributed by atoms with Crippen molar-refractivity contribution in [3.05, 3.63) is 35.5 Å². The van der Waals surface area contributed by atoms with Gasteiger partial charge in [-0.15, -0.1) is 10.2 Å². The van der Waals surface area contributed by atoms with E-state index in [1.807, 2.05) is 19.9 Å². The second-order valence-corrected chi connectivity index (χ2v) is 11.7. The summed E-state index contributed by atoms with van der Waals surface area (Å²) in [4.78, 5) is 53.7. The predicted octanol–water partition coefficient (Wildman–Crippen LogP) is 3.11. The summed E-state index contributed by atoms with van der Waals surface area (Å²) in [7, 11) is 4.31. The van der Waals surface area contributed by atoms with Crippen molar-refractivity contribution in [3.8, 4) is 11.5 Å². The van der Waals surface area contributed by atoms with Crippen LogP contribution in [-0.2, 0) is 19.7 Å². The van der Waals surface area contributed by atoms with Gasteiger partial charge in [-0.05, 0) is 56.2 Å². The first-order valence-electron chi connectivity index (χ1n) is 14.3. The van der Waals surface area contributed by atoms with Crippen LogP contribution in [0.25, 0.3) is 0 Å². The number of nitrogens with zero attached hydrogens (tertiary/aromatic N) is 3. The van der Waals surface area contributed by atoms with E-state index in [2.05, 4.69) is 25.6 Å². The summed E-state index contributed by atoms with van der Waals surface area (Å²) in [6.07, 6.45) is 0.292. The average molecular weight is 602 g/mol. The lowest BCUT2D eigenvalue weighted by Crippen LogP contribution is -2.57. The number of amides is 3. The van der Waals surface area contributed by atoms with E-state index < -0.39 is 41.3 Å². The van der Waals surface area contributed by atoms with E-state index >= 15 is 0 Å². The van der Waals surface area contributed by atoms with Crippen molar-refractivity contribution < 1.29 is 37.8 Å². The molecule has 0 saturated carbocycles. The number of hydrogen-bond donors (Lipinski definition) is 2. The molecule has 1 saturated heterocycles. The van der Waals surface area contributed by atoms with Crippen LogP contribution in [0, 0.1) is 11.8 Å². The Morgan fingerprint density at radius 2 is 1.60 bits per heavy atom. The van der Waals surface area contributed by atoms with Crippen molar-refractivity contribution in [2.75, 3.05) is 27.9 Å². The topological polar surface area (TPSA) is 162 Å². The molecular formula is C30H43N5O8. The summed E-state index contributed by atoms with van der Waals surface area (Å²) in [5.41, 5.74) is 0.0197. The fourth-order valence-electron chi connectivity index (χ4n) is 5.02. The van der Waals surface area contributed by atoms with Crippen LogP contribution in [0.3, 0.4) is 0 Å². The zero-order valence-electron chi connectivity index (χ0n) is 26.3. The molecule has 2 aromatic rings. The molecule has 2 N–H and O–H groups in total. The van der Waals surface area contributed by atoms with Crippen LogP contribution in [0.2, 0.25) is 0 Å². The van der Waals surface area contributed by atoms with E-state index in [1.165, 1.54) is 12.0 Å². The minimum absolute atomic E-state index is 0.210.